The average molecular weight is 197 g/mol. The average Bonchev–Trinajstić information content (AvgIpc) is 3.02. The van der Waals surface area contributed by atoms with Crippen molar-refractivity contribution in [3.05, 3.63) is 0 Å². The Balaban J connectivity index is 1.71. The van der Waals surface area contributed by atoms with E-state index in [-0.39, 0.29) is 0 Å². The van der Waals surface area contributed by atoms with Crippen LogP contribution in [0.3, 0.4) is 0 Å². The van der Waals surface area contributed by atoms with Crippen LogP contribution in [0.25, 0.3) is 0 Å². The molecule has 1 aliphatic carbocycles. The van der Waals surface area contributed by atoms with Crippen LogP contribution in [0, 0.1) is 0 Å². The summed E-state index contributed by atoms with van der Waals surface area (Å²) in [5.41, 5.74) is 5.56. The fraction of sp³-hybridized carbons (Fsp3) is 1.00. The van der Waals surface area contributed by atoms with Crippen molar-refractivity contribution < 1.29 is 0 Å². The van der Waals surface area contributed by atoms with Gasteiger partial charge in [-0.25, -0.2) is 0 Å². The molecular formula is C11H23N3. The van der Waals surface area contributed by atoms with E-state index < -0.39 is 0 Å². The summed E-state index contributed by atoms with van der Waals surface area (Å²) in [4.78, 5) is 5.11. The fourth-order valence-corrected chi connectivity index (χ4v) is 2.51. The predicted molar refractivity (Wildman–Crippen MR) is 59.3 cm³/mol. The molecule has 3 heteroatoms. The summed E-state index contributed by atoms with van der Waals surface area (Å²) < 4.78 is 0. The van der Waals surface area contributed by atoms with E-state index in [4.69, 9.17) is 5.73 Å². The molecule has 0 bridgehead atoms. The van der Waals surface area contributed by atoms with E-state index in [1.165, 1.54) is 38.8 Å². The largest absolute Gasteiger partial charge is 0.329 e. The Labute approximate surface area is 87.2 Å². The summed E-state index contributed by atoms with van der Waals surface area (Å²) in [6, 6.07) is 1.76. The van der Waals surface area contributed by atoms with Crippen LogP contribution < -0.4 is 5.73 Å². The Morgan fingerprint density at radius 1 is 1.14 bits per heavy atom. The van der Waals surface area contributed by atoms with Crippen molar-refractivity contribution in [3.63, 3.8) is 0 Å². The number of rotatable bonds is 4. The lowest BCUT2D eigenvalue weighted by molar-refractivity contribution is 0.125. The molecule has 0 radical (unpaired) electrons. The first-order valence-corrected chi connectivity index (χ1v) is 5.95. The molecule has 2 N–H and O–H groups in total. The molecule has 3 nitrogen and oxygen atoms in total. The summed E-state index contributed by atoms with van der Waals surface area (Å²) >= 11 is 0. The van der Waals surface area contributed by atoms with E-state index in [1.54, 1.807) is 0 Å². The Morgan fingerprint density at radius 2 is 1.71 bits per heavy atom. The Kier molecular flexibility index (Phi) is 3.42. The van der Waals surface area contributed by atoms with Crippen LogP contribution in [-0.2, 0) is 0 Å². The lowest BCUT2D eigenvalue weighted by Gasteiger charge is -2.36. The van der Waals surface area contributed by atoms with Crippen LogP contribution in [0.1, 0.15) is 25.7 Å². The normalized spacial score (nSPS) is 25.9. The van der Waals surface area contributed by atoms with E-state index in [9.17, 15) is 0 Å². The van der Waals surface area contributed by atoms with Gasteiger partial charge in [0.2, 0.25) is 0 Å². The van der Waals surface area contributed by atoms with Gasteiger partial charge in [-0.1, -0.05) is 0 Å². The molecule has 14 heavy (non-hydrogen) atoms. The number of nitrogens with two attached hydrogens (primary N) is 1. The van der Waals surface area contributed by atoms with Gasteiger partial charge in [-0.2, -0.15) is 0 Å². The second-order valence-corrected chi connectivity index (χ2v) is 4.76. The summed E-state index contributed by atoms with van der Waals surface area (Å²) in [5.74, 6) is 0. The van der Waals surface area contributed by atoms with Crippen LogP contribution >= 0.6 is 0 Å². The monoisotopic (exact) mass is 197 g/mol. The molecule has 0 amide bonds. The first kappa shape index (κ1) is 10.4. The minimum Gasteiger partial charge on any atom is -0.329 e. The van der Waals surface area contributed by atoms with Gasteiger partial charge in [-0.15, -0.1) is 0 Å². The van der Waals surface area contributed by atoms with Crippen molar-refractivity contribution in [3.8, 4) is 0 Å². The molecule has 1 saturated carbocycles. The SMILES string of the molecule is CN(C1CC1)C1CCN(CCN)CC1. The molecule has 0 aromatic carbocycles. The molecule has 1 heterocycles. The van der Waals surface area contributed by atoms with Gasteiger partial charge < -0.3 is 15.5 Å². The highest BCUT2D eigenvalue weighted by Crippen LogP contribution is 2.29. The first-order valence-electron chi connectivity index (χ1n) is 5.95. The third-order valence-electron chi connectivity index (χ3n) is 3.70. The van der Waals surface area contributed by atoms with Crippen molar-refractivity contribution in [1.82, 2.24) is 9.80 Å². The number of nitrogens with zero attached hydrogens (tertiary/aromatic N) is 2. The van der Waals surface area contributed by atoms with Crippen molar-refractivity contribution in [2.75, 3.05) is 33.2 Å². The Bertz CT molecular complexity index is 171. The van der Waals surface area contributed by atoms with Crippen molar-refractivity contribution >= 4 is 0 Å². The second kappa shape index (κ2) is 4.60. The van der Waals surface area contributed by atoms with Gasteiger partial charge in [-0.05, 0) is 45.8 Å². The lowest BCUT2D eigenvalue weighted by Crippen LogP contribution is -2.45. The molecule has 0 aromatic rings. The van der Waals surface area contributed by atoms with Gasteiger partial charge in [0.1, 0.15) is 0 Å². The number of piperidine rings is 1. The molecule has 82 valence electrons. The van der Waals surface area contributed by atoms with Gasteiger partial charge in [-0.3, -0.25) is 0 Å². The van der Waals surface area contributed by atoms with E-state index in [2.05, 4.69) is 16.8 Å². The first-order chi connectivity index (χ1) is 6.81. The van der Waals surface area contributed by atoms with Gasteiger partial charge >= 0.3 is 0 Å². The molecule has 2 rings (SSSR count). The molecule has 0 aromatic heterocycles. The topological polar surface area (TPSA) is 32.5 Å². The smallest absolute Gasteiger partial charge is 0.0119 e. The standard InChI is InChI=1S/C11H23N3/c1-13(10-2-3-10)11-4-7-14(8-5-11)9-6-12/h10-11H,2-9,12H2,1H3. The maximum absolute atomic E-state index is 5.56. The molecule has 1 aliphatic heterocycles. The van der Waals surface area contributed by atoms with Crippen molar-refractivity contribution in [2.45, 2.75) is 37.8 Å². The molecule has 1 saturated heterocycles. The van der Waals surface area contributed by atoms with E-state index >= 15 is 0 Å². The van der Waals surface area contributed by atoms with E-state index in [1.807, 2.05) is 0 Å². The Hall–Kier alpha value is -0.120. The van der Waals surface area contributed by atoms with Gasteiger partial charge in [0.05, 0.1) is 0 Å². The van der Waals surface area contributed by atoms with E-state index in [0.29, 0.717) is 0 Å². The van der Waals surface area contributed by atoms with Gasteiger partial charge in [0, 0.05) is 25.2 Å². The van der Waals surface area contributed by atoms with Gasteiger partial charge in [0.25, 0.3) is 0 Å². The zero-order valence-electron chi connectivity index (χ0n) is 9.28. The van der Waals surface area contributed by atoms with Crippen LogP contribution in [0.5, 0.6) is 0 Å². The third kappa shape index (κ3) is 2.47. The van der Waals surface area contributed by atoms with E-state index in [0.717, 1.165) is 25.2 Å². The second-order valence-electron chi connectivity index (χ2n) is 4.76. The van der Waals surface area contributed by atoms with Crippen LogP contribution in [-0.4, -0.2) is 55.1 Å². The summed E-state index contributed by atoms with van der Waals surface area (Å²) in [7, 11) is 2.31. The molecular weight excluding hydrogens is 174 g/mol. The molecule has 0 atom stereocenters. The molecule has 0 unspecified atom stereocenters. The highest BCUT2D eigenvalue weighted by atomic mass is 15.2. The maximum atomic E-state index is 5.56. The van der Waals surface area contributed by atoms with Gasteiger partial charge in [0.15, 0.2) is 0 Å². The minimum atomic E-state index is 0.809. The minimum absolute atomic E-state index is 0.809. The quantitative estimate of drug-likeness (QED) is 0.712. The molecule has 0 spiro atoms. The summed E-state index contributed by atoms with van der Waals surface area (Å²) in [6.07, 6.45) is 5.54. The highest BCUT2D eigenvalue weighted by Gasteiger charge is 2.32. The maximum Gasteiger partial charge on any atom is 0.0119 e. The predicted octanol–water partition coefficient (Wildman–Crippen LogP) is 0.504. The zero-order valence-corrected chi connectivity index (χ0v) is 9.28. The lowest BCUT2D eigenvalue weighted by atomic mass is 10.0. The fourth-order valence-electron chi connectivity index (χ4n) is 2.51. The van der Waals surface area contributed by atoms with Crippen molar-refractivity contribution in [1.29, 1.82) is 0 Å². The highest BCUT2D eigenvalue weighted by molar-refractivity contribution is 4.88. The number of likely N-dealkylation sites (tertiary alicyclic amines) is 1. The van der Waals surface area contributed by atoms with Crippen LogP contribution in [0.4, 0.5) is 0 Å². The zero-order chi connectivity index (χ0) is 9.97. The van der Waals surface area contributed by atoms with Crippen molar-refractivity contribution in [2.24, 2.45) is 5.73 Å². The van der Waals surface area contributed by atoms with Crippen LogP contribution in [0.2, 0.25) is 0 Å². The summed E-state index contributed by atoms with van der Waals surface area (Å²) in [5, 5.41) is 0. The third-order valence-corrected chi connectivity index (χ3v) is 3.70. The van der Waals surface area contributed by atoms with Crippen LogP contribution in [0.15, 0.2) is 0 Å². The summed E-state index contributed by atoms with van der Waals surface area (Å²) in [6.45, 7) is 4.39. The Morgan fingerprint density at radius 3 is 2.21 bits per heavy atom. The molecule has 2 fully saturated rings. The number of hydrogen-bond acceptors (Lipinski definition) is 3. The molecule has 2 aliphatic rings. The number of hydrogen-bond donors (Lipinski definition) is 1.